The maximum Gasteiger partial charge on any atom is 0.160 e. The molecule has 1 rings (SSSR count). The summed E-state index contributed by atoms with van der Waals surface area (Å²) in [5.74, 6) is -0.0833. The summed E-state index contributed by atoms with van der Waals surface area (Å²) < 4.78 is 4.94. The van der Waals surface area contributed by atoms with E-state index in [4.69, 9.17) is 10.00 Å². The molecule has 0 aliphatic rings. The second kappa shape index (κ2) is 4.38. The minimum atomic E-state index is -0.236. The van der Waals surface area contributed by atoms with Crippen LogP contribution in [0.5, 0.6) is 5.75 Å². The van der Waals surface area contributed by atoms with E-state index in [-0.39, 0.29) is 28.2 Å². The van der Waals surface area contributed by atoms with E-state index in [0.29, 0.717) is 6.29 Å². The van der Waals surface area contributed by atoms with Crippen LogP contribution in [0.4, 0.5) is 0 Å². The molecule has 0 aromatic heterocycles. The van der Waals surface area contributed by atoms with Crippen molar-refractivity contribution in [3.05, 3.63) is 28.8 Å². The smallest absolute Gasteiger partial charge is 0.160 e. The van der Waals surface area contributed by atoms with Crippen molar-refractivity contribution < 1.29 is 14.3 Å². The third-order valence-electron chi connectivity index (χ3n) is 2.02. The van der Waals surface area contributed by atoms with Crippen LogP contribution >= 0.6 is 0 Å². The van der Waals surface area contributed by atoms with Gasteiger partial charge in [-0.1, -0.05) is 0 Å². The molecule has 4 heteroatoms. The van der Waals surface area contributed by atoms with Gasteiger partial charge in [0.25, 0.3) is 0 Å². The van der Waals surface area contributed by atoms with Gasteiger partial charge in [-0.05, 0) is 19.1 Å². The predicted octanol–water partition coefficient (Wildman–Crippen LogP) is 1.58. The van der Waals surface area contributed by atoms with Crippen molar-refractivity contribution in [2.45, 2.75) is 6.92 Å². The topological polar surface area (TPSA) is 67.2 Å². The van der Waals surface area contributed by atoms with Crippen LogP contribution in [-0.4, -0.2) is 19.2 Å². The Hall–Kier alpha value is -2.15. The first kappa shape index (κ1) is 10.9. The Bertz CT molecular complexity index is 458. The molecule has 0 aliphatic heterocycles. The summed E-state index contributed by atoms with van der Waals surface area (Å²) in [6, 6.07) is 4.80. The molecule has 76 valence electrons. The highest BCUT2D eigenvalue weighted by Gasteiger charge is 2.15. The molecule has 0 amide bonds. The Labute approximate surface area is 87.1 Å². The van der Waals surface area contributed by atoms with E-state index in [2.05, 4.69) is 0 Å². The van der Waals surface area contributed by atoms with Crippen molar-refractivity contribution in [1.82, 2.24) is 0 Å². The summed E-state index contributed by atoms with van der Waals surface area (Å²) in [7, 11) is 1.35. The highest BCUT2D eigenvalue weighted by Crippen LogP contribution is 2.25. The van der Waals surface area contributed by atoms with E-state index in [1.807, 2.05) is 6.07 Å². The number of hydrogen-bond donors (Lipinski definition) is 0. The van der Waals surface area contributed by atoms with Gasteiger partial charge < -0.3 is 4.74 Å². The van der Waals surface area contributed by atoms with Gasteiger partial charge in [0, 0.05) is 5.56 Å². The fourth-order valence-corrected chi connectivity index (χ4v) is 1.33. The van der Waals surface area contributed by atoms with Gasteiger partial charge in [-0.15, -0.1) is 0 Å². The van der Waals surface area contributed by atoms with Crippen molar-refractivity contribution in [2.24, 2.45) is 0 Å². The lowest BCUT2D eigenvalue weighted by molar-refractivity contribution is 0.100. The number of carbonyl (C=O) groups is 2. The molecule has 1 aromatic rings. The SMILES string of the molecule is COc1c(C#N)ccc(C(C)=O)c1C=O. The summed E-state index contributed by atoms with van der Waals surface area (Å²) in [6.45, 7) is 1.35. The maximum absolute atomic E-state index is 11.2. The van der Waals surface area contributed by atoms with Crippen LogP contribution < -0.4 is 4.74 Å². The van der Waals surface area contributed by atoms with Crippen LogP contribution in [0.3, 0.4) is 0 Å². The van der Waals surface area contributed by atoms with Gasteiger partial charge in [0.05, 0.1) is 18.2 Å². The molecular weight excluding hydrogens is 194 g/mol. The summed E-state index contributed by atoms with van der Waals surface area (Å²) in [5, 5.41) is 8.77. The standard InChI is InChI=1S/C11H9NO3/c1-7(14)9-4-3-8(5-12)11(15-2)10(9)6-13/h3-4,6H,1-2H3. The molecule has 15 heavy (non-hydrogen) atoms. The minimum absolute atomic E-state index is 0.129. The summed E-state index contributed by atoms with van der Waals surface area (Å²) >= 11 is 0. The molecule has 0 aliphatic carbocycles. The molecule has 0 saturated carbocycles. The molecule has 0 heterocycles. The quantitative estimate of drug-likeness (QED) is 0.552. The molecule has 1 aromatic carbocycles. The number of Topliss-reactive ketones (excluding diaryl/α,β-unsaturated/α-hetero) is 1. The molecule has 0 bridgehead atoms. The van der Waals surface area contributed by atoms with Crippen LogP contribution in [0.2, 0.25) is 0 Å². The fourth-order valence-electron chi connectivity index (χ4n) is 1.33. The van der Waals surface area contributed by atoms with Gasteiger partial charge in [0.15, 0.2) is 12.1 Å². The average Bonchev–Trinajstić information content (AvgIpc) is 2.26. The molecule has 0 spiro atoms. The van der Waals surface area contributed by atoms with Gasteiger partial charge in [-0.25, -0.2) is 0 Å². The zero-order valence-corrected chi connectivity index (χ0v) is 8.40. The zero-order valence-electron chi connectivity index (χ0n) is 8.40. The van der Waals surface area contributed by atoms with E-state index in [9.17, 15) is 9.59 Å². The van der Waals surface area contributed by atoms with Gasteiger partial charge in [-0.2, -0.15) is 5.26 Å². The number of carbonyl (C=O) groups excluding carboxylic acids is 2. The Kier molecular flexibility index (Phi) is 3.19. The lowest BCUT2D eigenvalue weighted by Gasteiger charge is -2.08. The molecule has 0 fully saturated rings. The van der Waals surface area contributed by atoms with Gasteiger partial charge >= 0.3 is 0 Å². The van der Waals surface area contributed by atoms with Crippen molar-refractivity contribution in [3.8, 4) is 11.8 Å². The lowest BCUT2D eigenvalue weighted by Crippen LogP contribution is -2.03. The number of aldehydes is 1. The number of rotatable bonds is 3. The number of benzene rings is 1. The largest absolute Gasteiger partial charge is 0.495 e. The van der Waals surface area contributed by atoms with Crippen molar-refractivity contribution in [2.75, 3.05) is 7.11 Å². The van der Waals surface area contributed by atoms with E-state index < -0.39 is 0 Å². The highest BCUT2D eigenvalue weighted by molar-refractivity contribution is 6.03. The molecular formula is C11H9NO3. The second-order valence-electron chi connectivity index (χ2n) is 2.89. The van der Waals surface area contributed by atoms with Crippen LogP contribution in [0.15, 0.2) is 12.1 Å². The molecule has 0 unspecified atom stereocenters. The van der Waals surface area contributed by atoms with E-state index in [1.165, 1.54) is 26.2 Å². The number of nitrogens with zero attached hydrogens (tertiary/aromatic N) is 1. The fraction of sp³-hybridized carbons (Fsp3) is 0.182. The average molecular weight is 203 g/mol. The Morgan fingerprint density at radius 3 is 2.60 bits per heavy atom. The Morgan fingerprint density at radius 2 is 2.20 bits per heavy atom. The Morgan fingerprint density at radius 1 is 1.53 bits per heavy atom. The zero-order chi connectivity index (χ0) is 11.4. The highest BCUT2D eigenvalue weighted by atomic mass is 16.5. The van der Waals surface area contributed by atoms with Gasteiger partial charge in [-0.3, -0.25) is 9.59 Å². The summed E-state index contributed by atoms with van der Waals surface area (Å²) in [5.41, 5.74) is 0.634. The lowest BCUT2D eigenvalue weighted by atomic mass is 10.0. The molecule has 4 nitrogen and oxygen atoms in total. The summed E-state index contributed by atoms with van der Waals surface area (Å²) in [6.07, 6.45) is 0.524. The summed E-state index contributed by atoms with van der Waals surface area (Å²) in [4.78, 5) is 22.0. The van der Waals surface area contributed by atoms with Gasteiger partial charge in [0.1, 0.15) is 11.8 Å². The molecule has 0 atom stereocenters. The third-order valence-corrected chi connectivity index (χ3v) is 2.02. The van der Waals surface area contributed by atoms with Crippen LogP contribution in [0, 0.1) is 11.3 Å². The van der Waals surface area contributed by atoms with Crippen molar-refractivity contribution in [3.63, 3.8) is 0 Å². The normalized spacial score (nSPS) is 9.13. The van der Waals surface area contributed by atoms with Crippen molar-refractivity contribution in [1.29, 1.82) is 5.26 Å². The number of nitriles is 1. The monoisotopic (exact) mass is 203 g/mol. The first-order valence-electron chi connectivity index (χ1n) is 4.23. The van der Waals surface area contributed by atoms with Gasteiger partial charge in [0.2, 0.25) is 0 Å². The third kappa shape index (κ3) is 1.86. The van der Waals surface area contributed by atoms with E-state index >= 15 is 0 Å². The minimum Gasteiger partial charge on any atom is -0.495 e. The van der Waals surface area contributed by atoms with E-state index in [1.54, 1.807) is 0 Å². The number of ketones is 1. The molecule has 0 saturated heterocycles. The van der Waals surface area contributed by atoms with E-state index in [0.717, 1.165) is 0 Å². The predicted molar refractivity (Wildman–Crippen MR) is 53.1 cm³/mol. The maximum atomic E-state index is 11.2. The molecule has 0 N–H and O–H groups in total. The first-order chi connectivity index (χ1) is 7.15. The van der Waals surface area contributed by atoms with Crippen LogP contribution in [-0.2, 0) is 0 Å². The number of ether oxygens (including phenoxy) is 1. The molecule has 0 radical (unpaired) electrons. The van der Waals surface area contributed by atoms with Crippen molar-refractivity contribution >= 4 is 12.1 Å². The van der Waals surface area contributed by atoms with Crippen LogP contribution in [0.25, 0.3) is 0 Å². The second-order valence-corrected chi connectivity index (χ2v) is 2.89. The number of hydrogen-bond acceptors (Lipinski definition) is 4. The van der Waals surface area contributed by atoms with Crippen LogP contribution in [0.1, 0.15) is 33.2 Å². The number of methoxy groups -OCH3 is 1. The first-order valence-corrected chi connectivity index (χ1v) is 4.23. The Balaban J connectivity index is 3.56.